The van der Waals surface area contributed by atoms with Gasteiger partial charge in [-0.25, -0.2) is 0 Å². The molecule has 0 atom stereocenters. The fourth-order valence-corrected chi connectivity index (χ4v) is 3.14. The van der Waals surface area contributed by atoms with Gasteiger partial charge in [-0.3, -0.25) is 19.5 Å². The predicted octanol–water partition coefficient (Wildman–Crippen LogP) is 3.88. The van der Waals surface area contributed by atoms with Crippen LogP contribution in [0.25, 0.3) is 0 Å². The van der Waals surface area contributed by atoms with E-state index in [2.05, 4.69) is 20.9 Å². The van der Waals surface area contributed by atoms with E-state index in [9.17, 15) is 9.59 Å². The van der Waals surface area contributed by atoms with Crippen LogP contribution in [0.4, 0.5) is 5.69 Å². The van der Waals surface area contributed by atoms with Crippen molar-refractivity contribution < 1.29 is 9.59 Å². The third-order valence-corrected chi connectivity index (χ3v) is 4.17. The smallest absolute Gasteiger partial charge is 0.299 e. The molecule has 0 spiro atoms. The molecule has 21 heavy (non-hydrogen) atoms. The summed E-state index contributed by atoms with van der Waals surface area (Å²) in [7, 11) is 0. The molecule has 2 aromatic rings. The topological polar surface area (TPSA) is 50.3 Å². The molecule has 7 heteroatoms. The number of benzene rings is 1. The van der Waals surface area contributed by atoms with E-state index in [0.29, 0.717) is 10.7 Å². The normalized spacial score (nSPS) is 13.8. The molecule has 4 nitrogen and oxygen atoms in total. The van der Waals surface area contributed by atoms with Crippen LogP contribution < -0.4 is 4.90 Å². The Hall–Kier alpha value is -1.43. The zero-order valence-electron chi connectivity index (χ0n) is 10.4. The quantitative estimate of drug-likeness (QED) is 0.737. The summed E-state index contributed by atoms with van der Waals surface area (Å²) in [6.07, 6.45) is 3.26. The van der Waals surface area contributed by atoms with Gasteiger partial charge in [0.2, 0.25) is 0 Å². The number of halogens is 3. The van der Waals surface area contributed by atoms with Crippen molar-refractivity contribution in [2.75, 3.05) is 4.90 Å². The molecular weight excluding hydrogens is 379 g/mol. The Balaban J connectivity index is 2.08. The number of nitrogens with zero attached hydrogens (tertiary/aromatic N) is 2. The molecule has 1 aliphatic rings. The van der Waals surface area contributed by atoms with Crippen LogP contribution in [-0.2, 0) is 11.3 Å². The minimum absolute atomic E-state index is 0.164. The van der Waals surface area contributed by atoms with Crippen molar-refractivity contribution in [3.63, 3.8) is 0 Å². The zero-order valence-corrected chi connectivity index (χ0v) is 13.5. The average Bonchev–Trinajstić information content (AvgIpc) is 2.69. The highest BCUT2D eigenvalue weighted by Gasteiger charge is 2.39. The molecule has 0 radical (unpaired) electrons. The molecule has 2 heterocycles. The van der Waals surface area contributed by atoms with Gasteiger partial charge in [0.25, 0.3) is 11.7 Å². The van der Waals surface area contributed by atoms with Gasteiger partial charge in [0, 0.05) is 16.9 Å². The first-order valence-corrected chi connectivity index (χ1v) is 7.47. The van der Waals surface area contributed by atoms with Crippen LogP contribution in [0.2, 0.25) is 10.0 Å². The van der Waals surface area contributed by atoms with E-state index in [-0.39, 0.29) is 17.1 Å². The number of pyridine rings is 1. The van der Waals surface area contributed by atoms with Crippen molar-refractivity contribution in [1.29, 1.82) is 0 Å². The van der Waals surface area contributed by atoms with E-state index < -0.39 is 11.7 Å². The van der Waals surface area contributed by atoms with Crippen molar-refractivity contribution in [3.8, 4) is 0 Å². The van der Waals surface area contributed by atoms with E-state index in [4.69, 9.17) is 23.2 Å². The lowest BCUT2D eigenvalue weighted by molar-refractivity contribution is -0.114. The van der Waals surface area contributed by atoms with Crippen molar-refractivity contribution in [1.82, 2.24) is 4.98 Å². The van der Waals surface area contributed by atoms with Crippen LogP contribution in [0.15, 0.2) is 35.1 Å². The Morgan fingerprint density at radius 2 is 1.86 bits per heavy atom. The number of hydrogen-bond acceptors (Lipinski definition) is 3. The molecule has 0 unspecified atom stereocenters. The van der Waals surface area contributed by atoms with Gasteiger partial charge in [0.05, 0.1) is 27.8 Å². The molecular formula is C14H7BrCl2N2O2. The first-order chi connectivity index (χ1) is 9.99. The third kappa shape index (κ3) is 2.46. The molecule has 0 saturated carbocycles. The third-order valence-electron chi connectivity index (χ3n) is 3.12. The van der Waals surface area contributed by atoms with Crippen molar-refractivity contribution in [2.24, 2.45) is 0 Å². The van der Waals surface area contributed by atoms with E-state index in [1.807, 2.05) is 6.07 Å². The van der Waals surface area contributed by atoms with Gasteiger partial charge in [-0.05, 0) is 39.7 Å². The number of aromatic nitrogens is 1. The van der Waals surface area contributed by atoms with Gasteiger partial charge in [-0.15, -0.1) is 0 Å². The maximum Gasteiger partial charge on any atom is 0.299 e. The zero-order chi connectivity index (χ0) is 15.1. The van der Waals surface area contributed by atoms with E-state index in [1.54, 1.807) is 18.5 Å². The summed E-state index contributed by atoms with van der Waals surface area (Å²) in [4.78, 5) is 29.6. The Morgan fingerprint density at radius 3 is 2.57 bits per heavy atom. The highest BCUT2D eigenvalue weighted by Crippen LogP contribution is 2.40. The second-order valence-electron chi connectivity index (χ2n) is 4.48. The van der Waals surface area contributed by atoms with Crippen LogP contribution in [0, 0.1) is 0 Å². The molecule has 0 saturated heterocycles. The molecule has 1 aromatic carbocycles. The standard InChI is InChI=1S/C14H7BrCl2N2O2/c15-8-3-7(4-18-5-8)6-19-12-10(17)2-1-9(16)11(12)13(20)14(19)21/h1-5H,6H2. The molecule has 1 aromatic heterocycles. The lowest BCUT2D eigenvalue weighted by Gasteiger charge is -2.17. The van der Waals surface area contributed by atoms with Crippen LogP contribution >= 0.6 is 39.1 Å². The Labute approximate surface area is 138 Å². The number of hydrogen-bond donors (Lipinski definition) is 0. The van der Waals surface area contributed by atoms with Gasteiger partial charge in [-0.1, -0.05) is 23.2 Å². The second kappa shape index (κ2) is 5.40. The lowest BCUT2D eigenvalue weighted by Crippen LogP contribution is -2.29. The summed E-state index contributed by atoms with van der Waals surface area (Å²) >= 11 is 15.5. The first-order valence-electron chi connectivity index (χ1n) is 5.92. The molecule has 0 aliphatic carbocycles. The molecule has 0 fully saturated rings. The highest BCUT2D eigenvalue weighted by atomic mass is 79.9. The Morgan fingerprint density at radius 1 is 1.14 bits per heavy atom. The van der Waals surface area contributed by atoms with Crippen LogP contribution in [0.3, 0.4) is 0 Å². The van der Waals surface area contributed by atoms with Crippen molar-refractivity contribution >= 4 is 56.5 Å². The SMILES string of the molecule is O=C1C(=O)N(Cc2cncc(Br)c2)c2c(Cl)ccc(Cl)c21. The van der Waals surface area contributed by atoms with Crippen LogP contribution in [0.1, 0.15) is 15.9 Å². The van der Waals surface area contributed by atoms with Gasteiger partial charge >= 0.3 is 0 Å². The van der Waals surface area contributed by atoms with E-state index in [0.717, 1.165) is 10.0 Å². The molecule has 1 aliphatic heterocycles. The molecule has 3 rings (SSSR count). The molecule has 106 valence electrons. The van der Waals surface area contributed by atoms with Gasteiger partial charge in [-0.2, -0.15) is 0 Å². The number of ketones is 1. The fraction of sp³-hybridized carbons (Fsp3) is 0.0714. The molecule has 0 bridgehead atoms. The van der Waals surface area contributed by atoms with E-state index >= 15 is 0 Å². The molecule has 0 N–H and O–H groups in total. The number of Topliss-reactive ketones (excluding diaryl/α,β-unsaturated/α-hetero) is 1. The fourth-order valence-electron chi connectivity index (χ4n) is 2.23. The van der Waals surface area contributed by atoms with E-state index in [1.165, 1.54) is 11.0 Å². The number of fused-ring (bicyclic) bond motifs is 1. The minimum atomic E-state index is -0.639. The van der Waals surface area contributed by atoms with Crippen molar-refractivity contribution in [3.05, 3.63) is 56.2 Å². The van der Waals surface area contributed by atoms with Crippen LogP contribution in [-0.4, -0.2) is 16.7 Å². The Bertz CT molecular complexity index is 780. The number of rotatable bonds is 2. The number of amides is 1. The maximum atomic E-state index is 12.2. The maximum absolute atomic E-state index is 12.2. The number of carbonyl (C=O) groups excluding carboxylic acids is 2. The highest BCUT2D eigenvalue weighted by molar-refractivity contribution is 9.10. The molecule has 1 amide bonds. The summed E-state index contributed by atoms with van der Waals surface area (Å²) in [5.74, 6) is -1.28. The van der Waals surface area contributed by atoms with Crippen LogP contribution in [0.5, 0.6) is 0 Å². The van der Waals surface area contributed by atoms with Crippen molar-refractivity contribution in [2.45, 2.75) is 6.54 Å². The summed E-state index contributed by atoms with van der Waals surface area (Å²) < 4.78 is 0.787. The van der Waals surface area contributed by atoms with Gasteiger partial charge in [0.1, 0.15) is 0 Å². The second-order valence-corrected chi connectivity index (χ2v) is 6.21. The monoisotopic (exact) mass is 384 g/mol. The summed E-state index contributed by atoms with van der Waals surface area (Å²) in [5.41, 5.74) is 1.30. The van der Waals surface area contributed by atoms with Gasteiger partial charge < -0.3 is 0 Å². The minimum Gasteiger partial charge on any atom is -0.299 e. The summed E-state index contributed by atoms with van der Waals surface area (Å²) in [6.45, 7) is 0.198. The predicted molar refractivity (Wildman–Crippen MR) is 83.9 cm³/mol. The lowest BCUT2D eigenvalue weighted by atomic mass is 10.1. The average molecular weight is 386 g/mol. The summed E-state index contributed by atoms with van der Waals surface area (Å²) in [5, 5.41) is 0.541. The van der Waals surface area contributed by atoms with Gasteiger partial charge in [0.15, 0.2) is 0 Å². The first kappa shape index (κ1) is 14.5. The summed E-state index contributed by atoms with van der Waals surface area (Å²) in [6, 6.07) is 4.90. The number of carbonyl (C=O) groups is 2. The number of anilines is 1. The Kier molecular flexibility index (Phi) is 3.73. The largest absolute Gasteiger partial charge is 0.299 e.